The number of para-hydroxylation sites is 3. The van der Waals surface area contributed by atoms with E-state index >= 15 is 0 Å². The number of aromatic hydroxyl groups is 1. The summed E-state index contributed by atoms with van der Waals surface area (Å²) in [6, 6.07) is 28.2. The molecule has 0 aliphatic carbocycles. The van der Waals surface area contributed by atoms with Crippen LogP contribution in [0.5, 0.6) is 17.4 Å². The van der Waals surface area contributed by atoms with Crippen molar-refractivity contribution in [3.8, 4) is 23.1 Å². The van der Waals surface area contributed by atoms with Gasteiger partial charge in [-0.3, -0.25) is 4.57 Å². The van der Waals surface area contributed by atoms with Crippen LogP contribution >= 0.6 is 0 Å². The Labute approximate surface area is 239 Å². The molecule has 0 unspecified atom stereocenters. The van der Waals surface area contributed by atoms with Crippen LogP contribution in [0.15, 0.2) is 89.5 Å². The van der Waals surface area contributed by atoms with E-state index in [-0.39, 0.29) is 32.2 Å². The molecule has 0 spiro atoms. The first kappa shape index (κ1) is 25.1. The SMILES string of the molecule is CC(C)(C)c1ccnc2c1oc1ccc(Oc3ccc4c5ccccc5n(-c5ccccc5O)c4n3)[c-]c12.[Pt]. The van der Waals surface area contributed by atoms with Crippen LogP contribution in [0.3, 0.4) is 0 Å². The molecular weight excluding hydrogens is 669 g/mol. The van der Waals surface area contributed by atoms with Crippen LogP contribution in [-0.4, -0.2) is 19.6 Å². The number of nitrogens with zero attached hydrogens (tertiary/aromatic N) is 3. The first-order valence-corrected chi connectivity index (χ1v) is 12.5. The Kier molecular flexibility index (Phi) is 5.96. The molecule has 7 heteroatoms. The van der Waals surface area contributed by atoms with Crippen molar-refractivity contribution in [3.05, 3.63) is 96.7 Å². The van der Waals surface area contributed by atoms with Gasteiger partial charge in [0, 0.05) is 61.0 Å². The Hall–Kier alpha value is -4.15. The Morgan fingerprint density at radius 3 is 2.51 bits per heavy atom. The van der Waals surface area contributed by atoms with Gasteiger partial charge in [-0.1, -0.05) is 74.7 Å². The van der Waals surface area contributed by atoms with Gasteiger partial charge in [-0.15, -0.1) is 0 Å². The van der Waals surface area contributed by atoms with E-state index in [1.165, 1.54) is 0 Å². The molecule has 0 radical (unpaired) electrons. The van der Waals surface area contributed by atoms with Gasteiger partial charge in [0.25, 0.3) is 0 Å². The molecule has 0 bridgehead atoms. The minimum absolute atomic E-state index is 0. The summed E-state index contributed by atoms with van der Waals surface area (Å²) in [4.78, 5) is 9.46. The van der Waals surface area contributed by atoms with Crippen molar-refractivity contribution < 1.29 is 35.3 Å². The Balaban J connectivity index is 0.00000277. The average molecular weight is 694 g/mol. The molecule has 6 nitrogen and oxygen atoms in total. The summed E-state index contributed by atoms with van der Waals surface area (Å²) in [7, 11) is 0. The monoisotopic (exact) mass is 693 g/mol. The Morgan fingerprint density at radius 1 is 0.897 bits per heavy atom. The van der Waals surface area contributed by atoms with Crippen LogP contribution in [-0.2, 0) is 26.5 Å². The minimum atomic E-state index is -0.0840. The molecule has 1 N–H and O–H groups in total. The summed E-state index contributed by atoms with van der Waals surface area (Å²) in [6.07, 6.45) is 1.81. The fourth-order valence-corrected chi connectivity index (χ4v) is 5.10. The number of ether oxygens (including phenoxy) is 1. The van der Waals surface area contributed by atoms with E-state index < -0.39 is 0 Å². The van der Waals surface area contributed by atoms with Crippen molar-refractivity contribution in [1.29, 1.82) is 0 Å². The molecule has 0 atom stereocenters. The molecule has 196 valence electrons. The largest absolute Gasteiger partial charge is 0.508 e. The van der Waals surface area contributed by atoms with E-state index in [1.54, 1.807) is 12.1 Å². The van der Waals surface area contributed by atoms with Gasteiger partial charge in [-0.2, -0.15) is 4.98 Å². The van der Waals surface area contributed by atoms with E-state index in [0.717, 1.165) is 38.3 Å². The number of pyridine rings is 2. The summed E-state index contributed by atoms with van der Waals surface area (Å²) < 4.78 is 14.4. The molecule has 0 aliphatic rings. The number of benzene rings is 3. The van der Waals surface area contributed by atoms with E-state index in [0.29, 0.717) is 28.5 Å². The van der Waals surface area contributed by atoms with E-state index in [2.05, 4.69) is 37.9 Å². The Morgan fingerprint density at radius 2 is 1.69 bits per heavy atom. The van der Waals surface area contributed by atoms with Crippen LogP contribution in [0.2, 0.25) is 0 Å². The molecule has 0 fully saturated rings. The van der Waals surface area contributed by atoms with Gasteiger partial charge in [0.2, 0.25) is 5.88 Å². The van der Waals surface area contributed by atoms with Crippen molar-refractivity contribution in [3.63, 3.8) is 0 Å². The van der Waals surface area contributed by atoms with Crippen molar-refractivity contribution >= 4 is 44.0 Å². The number of hydrogen-bond donors (Lipinski definition) is 1. The molecule has 39 heavy (non-hydrogen) atoms. The van der Waals surface area contributed by atoms with E-state index in [4.69, 9.17) is 14.1 Å². The second kappa shape index (κ2) is 9.25. The van der Waals surface area contributed by atoms with Crippen LogP contribution < -0.4 is 4.74 Å². The first-order chi connectivity index (χ1) is 18.4. The number of phenols is 1. The van der Waals surface area contributed by atoms with Gasteiger partial charge in [-0.05, 0) is 41.3 Å². The summed E-state index contributed by atoms with van der Waals surface area (Å²) >= 11 is 0. The number of fused-ring (bicyclic) bond motifs is 6. The zero-order valence-electron chi connectivity index (χ0n) is 21.5. The quantitative estimate of drug-likeness (QED) is 0.190. The van der Waals surface area contributed by atoms with Crippen molar-refractivity contribution in [2.24, 2.45) is 0 Å². The standard InChI is InChI=1S/C32H24N3O3.Pt/c1-32(2,3)23-16-17-33-29-22-18-19(12-14-27(22)38-30(23)29)37-28-15-13-21-20-8-4-5-9-24(20)35(31(21)34-28)25-10-6-7-11-26(25)36;/h4-17,36H,1-3H3;/q-1;. The van der Waals surface area contributed by atoms with Crippen molar-refractivity contribution in [2.45, 2.75) is 26.2 Å². The van der Waals surface area contributed by atoms with Crippen LogP contribution in [0, 0.1) is 6.07 Å². The number of rotatable bonds is 3. The number of hydrogen-bond acceptors (Lipinski definition) is 5. The summed E-state index contributed by atoms with van der Waals surface area (Å²) in [5.41, 5.74) is 5.56. The molecule has 0 amide bonds. The maximum atomic E-state index is 10.6. The molecule has 4 aromatic heterocycles. The third-order valence-electron chi connectivity index (χ3n) is 6.88. The predicted octanol–water partition coefficient (Wildman–Crippen LogP) is 8.07. The molecule has 0 saturated carbocycles. The topological polar surface area (TPSA) is 73.3 Å². The van der Waals surface area contributed by atoms with Crippen LogP contribution in [0.4, 0.5) is 0 Å². The number of furan rings is 1. The molecular formula is C32H24N3O3Pt-. The number of phenolic OH excluding ortho intramolecular Hbond substituents is 1. The molecule has 7 rings (SSSR count). The van der Waals surface area contributed by atoms with Crippen molar-refractivity contribution in [1.82, 2.24) is 14.5 Å². The zero-order valence-corrected chi connectivity index (χ0v) is 23.8. The van der Waals surface area contributed by atoms with E-state index in [9.17, 15) is 5.11 Å². The summed E-state index contributed by atoms with van der Waals surface area (Å²) in [5, 5.41) is 13.4. The molecule has 7 aromatic rings. The predicted molar refractivity (Wildman–Crippen MR) is 149 cm³/mol. The normalized spacial score (nSPS) is 11.9. The number of aromatic nitrogens is 3. The molecule has 0 saturated heterocycles. The zero-order chi connectivity index (χ0) is 26.0. The van der Waals surface area contributed by atoms with Gasteiger partial charge in [-0.25, -0.2) is 0 Å². The molecule has 0 aliphatic heterocycles. The second-order valence-electron chi connectivity index (χ2n) is 10.4. The third kappa shape index (κ3) is 4.07. The third-order valence-corrected chi connectivity index (χ3v) is 6.88. The van der Waals surface area contributed by atoms with Gasteiger partial charge in [0.15, 0.2) is 0 Å². The van der Waals surface area contributed by atoms with Gasteiger partial charge < -0.3 is 19.2 Å². The molecule has 3 aromatic carbocycles. The van der Waals surface area contributed by atoms with Crippen LogP contribution in [0.25, 0.3) is 49.7 Å². The maximum absolute atomic E-state index is 10.6. The van der Waals surface area contributed by atoms with Gasteiger partial charge in [0.05, 0.1) is 11.2 Å². The molecule has 4 heterocycles. The van der Waals surface area contributed by atoms with Crippen molar-refractivity contribution in [2.75, 3.05) is 0 Å². The second-order valence-corrected chi connectivity index (χ2v) is 10.4. The first-order valence-electron chi connectivity index (χ1n) is 12.5. The average Bonchev–Trinajstić information content (AvgIpc) is 3.43. The Bertz CT molecular complexity index is 2020. The van der Waals surface area contributed by atoms with Gasteiger partial charge in [0.1, 0.15) is 17.0 Å². The summed E-state index contributed by atoms with van der Waals surface area (Å²) in [6.45, 7) is 6.47. The van der Waals surface area contributed by atoms with Gasteiger partial charge >= 0.3 is 0 Å². The van der Waals surface area contributed by atoms with E-state index in [1.807, 2.05) is 71.4 Å². The smallest absolute Gasteiger partial charge is 0.219 e. The maximum Gasteiger partial charge on any atom is 0.219 e. The fourth-order valence-electron chi connectivity index (χ4n) is 5.10. The van der Waals surface area contributed by atoms with Crippen LogP contribution in [0.1, 0.15) is 26.3 Å². The minimum Gasteiger partial charge on any atom is -0.508 e. The summed E-state index contributed by atoms with van der Waals surface area (Å²) in [5.74, 6) is 1.11. The fraction of sp³-hybridized carbons (Fsp3) is 0.125.